The zero-order valence-corrected chi connectivity index (χ0v) is 13.0. The van der Waals surface area contributed by atoms with E-state index in [1.54, 1.807) is 7.11 Å². The maximum atomic E-state index is 12.4. The summed E-state index contributed by atoms with van der Waals surface area (Å²) < 4.78 is 10.5. The molecule has 0 spiro atoms. The molecule has 0 aliphatic heterocycles. The molecule has 0 radical (unpaired) electrons. The van der Waals surface area contributed by atoms with Crippen LogP contribution in [0.1, 0.15) is 26.3 Å². The van der Waals surface area contributed by atoms with Crippen LogP contribution in [-0.2, 0) is 14.3 Å². The van der Waals surface area contributed by atoms with E-state index in [4.69, 9.17) is 9.47 Å². The van der Waals surface area contributed by atoms with Gasteiger partial charge in [0.25, 0.3) is 0 Å². The first kappa shape index (κ1) is 16.5. The topological polar surface area (TPSA) is 47.6 Å². The van der Waals surface area contributed by atoms with E-state index in [0.29, 0.717) is 6.61 Å². The molecular weight excluding hydrogens is 254 g/mol. The van der Waals surface area contributed by atoms with Gasteiger partial charge in [0.15, 0.2) is 5.54 Å². The van der Waals surface area contributed by atoms with Crippen molar-refractivity contribution in [2.75, 3.05) is 25.6 Å². The lowest BCUT2D eigenvalue weighted by atomic mass is 9.86. The molecule has 0 fully saturated rings. The van der Waals surface area contributed by atoms with Crippen LogP contribution in [0.3, 0.4) is 0 Å². The van der Waals surface area contributed by atoms with Gasteiger partial charge >= 0.3 is 5.97 Å². The Hall–Kier alpha value is -1.55. The number of hydrogen-bond acceptors (Lipinski definition) is 4. The molecule has 0 aliphatic rings. The number of carbonyl (C=O) groups is 1. The van der Waals surface area contributed by atoms with Crippen LogP contribution in [0.4, 0.5) is 5.69 Å². The van der Waals surface area contributed by atoms with Gasteiger partial charge in [0.2, 0.25) is 0 Å². The third-order valence-electron chi connectivity index (χ3n) is 3.42. The molecule has 0 saturated carbocycles. The number of carbonyl (C=O) groups excluding carboxylic acids is 1. The Balaban J connectivity index is 3.07. The minimum absolute atomic E-state index is 0.0304. The van der Waals surface area contributed by atoms with E-state index in [2.05, 4.69) is 5.32 Å². The molecule has 1 unspecified atom stereocenters. The van der Waals surface area contributed by atoms with E-state index in [9.17, 15) is 4.79 Å². The van der Waals surface area contributed by atoms with Crippen LogP contribution in [0, 0.1) is 12.8 Å². The molecule has 0 bridgehead atoms. The molecule has 1 atom stereocenters. The van der Waals surface area contributed by atoms with Crippen molar-refractivity contribution in [1.29, 1.82) is 0 Å². The second kappa shape index (κ2) is 7.29. The summed E-state index contributed by atoms with van der Waals surface area (Å²) in [5.41, 5.74) is 1.18. The van der Waals surface area contributed by atoms with Crippen LogP contribution >= 0.6 is 0 Å². The Morgan fingerprint density at radius 2 is 1.90 bits per heavy atom. The van der Waals surface area contributed by atoms with E-state index in [0.717, 1.165) is 5.69 Å². The number of methoxy groups -OCH3 is 1. The van der Waals surface area contributed by atoms with E-state index in [-0.39, 0.29) is 18.5 Å². The van der Waals surface area contributed by atoms with E-state index < -0.39 is 5.54 Å². The van der Waals surface area contributed by atoms with Crippen molar-refractivity contribution in [1.82, 2.24) is 0 Å². The van der Waals surface area contributed by atoms with Crippen LogP contribution in [0.25, 0.3) is 0 Å². The lowest BCUT2D eigenvalue weighted by Crippen LogP contribution is -2.55. The average molecular weight is 279 g/mol. The van der Waals surface area contributed by atoms with E-state index in [1.807, 2.05) is 52.0 Å². The van der Waals surface area contributed by atoms with Crippen molar-refractivity contribution in [2.24, 2.45) is 5.92 Å². The maximum absolute atomic E-state index is 12.4. The van der Waals surface area contributed by atoms with Gasteiger partial charge in [0, 0.05) is 12.8 Å². The van der Waals surface area contributed by atoms with Crippen LogP contribution in [0.15, 0.2) is 24.3 Å². The summed E-state index contributed by atoms with van der Waals surface area (Å²) in [6.45, 7) is 8.42. The van der Waals surface area contributed by atoms with Crippen molar-refractivity contribution in [3.05, 3.63) is 29.8 Å². The lowest BCUT2D eigenvalue weighted by molar-refractivity contribution is -0.152. The Labute approximate surface area is 121 Å². The van der Waals surface area contributed by atoms with Gasteiger partial charge in [-0.25, -0.2) is 4.79 Å². The summed E-state index contributed by atoms with van der Waals surface area (Å²) in [6.07, 6.45) is 0. The minimum Gasteiger partial charge on any atom is -0.464 e. The summed E-state index contributed by atoms with van der Waals surface area (Å²) in [4.78, 5) is 12.4. The van der Waals surface area contributed by atoms with Crippen molar-refractivity contribution >= 4 is 11.7 Å². The molecule has 4 heteroatoms. The van der Waals surface area contributed by atoms with Gasteiger partial charge in [-0.3, -0.25) is 0 Å². The number of benzene rings is 1. The zero-order chi connectivity index (χ0) is 15.2. The highest BCUT2D eigenvalue weighted by Gasteiger charge is 2.43. The molecule has 0 aromatic heterocycles. The third-order valence-corrected chi connectivity index (χ3v) is 3.42. The number of rotatable bonds is 7. The summed E-state index contributed by atoms with van der Waals surface area (Å²) in [5, 5.41) is 3.31. The first-order valence-electron chi connectivity index (χ1n) is 6.97. The Bertz CT molecular complexity index is 428. The molecule has 0 aliphatic carbocycles. The van der Waals surface area contributed by atoms with Crippen LogP contribution in [0.2, 0.25) is 0 Å². The monoisotopic (exact) mass is 279 g/mol. The number of esters is 1. The van der Waals surface area contributed by atoms with Gasteiger partial charge in [0.05, 0.1) is 13.2 Å². The van der Waals surface area contributed by atoms with Crippen LogP contribution < -0.4 is 5.32 Å². The second-order valence-electron chi connectivity index (χ2n) is 5.27. The van der Waals surface area contributed by atoms with Gasteiger partial charge in [-0.15, -0.1) is 0 Å². The molecule has 1 aromatic carbocycles. The summed E-state index contributed by atoms with van der Waals surface area (Å²) in [5.74, 6) is -0.250. The number of hydrogen-bond donors (Lipinski definition) is 1. The quantitative estimate of drug-likeness (QED) is 0.779. The third kappa shape index (κ3) is 3.73. The number of anilines is 1. The summed E-state index contributed by atoms with van der Waals surface area (Å²) in [7, 11) is 1.59. The predicted molar refractivity (Wildman–Crippen MR) is 80.9 cm³/mol. The molecule has 1 rings (SSSR count). The highest BCUT2D eigenvalue weighted by molar-refractivity contribution is 5.85. The fraction of sp³-hybridized carbons (Fsp3) is 0.562. The highest BCUT2D eigenvalue weighted by Crippen LogP contribution is 2.26. The molecule has 0 heterocycles. The first-order valence-corrected chi connectivity index (χ1v) is 6.97. The molecule has 1 aromatic rings. The second-order valence-corrected chi connectivity index (χ2v) is 5.27. The first-order chi connectivity index (χ1) is 9.46. The fourth-order valence-electron chi connectivity index (χ4n) is 2.07. The Morgan fingerprint density at radius 1 is 1.30 bits per heavy atom. The molecular formula is C16H25NO3. The van der Waals surface area contributed by atoms with Gasteiger partial charge < -0.3 is 14.8 Å². The molecule has 20 heavy (non-hydrogen) atoms. The number of aryl methyl sites for hydroxylation is 1. The lowest BCUT2D eigenvalue weighted by Gasteiger charge is -2.36. The van der Waals surface area contributed by atoms with Crippen molar-refractivity contribution in [3.63, 3.8) is 0 Å². The molecule has 112 valence electrons. The number of nitrogens with one attached hydrogen (secondary N) is 1. The molecule has 0 amide bonds. The fourth-order valence-corrected chi connectivity index (χ4v) is 2.07. The smallest absolute Gasteiger partial charge is 0.334 e. The molecule has 4 nitrogen and oxygen atoms in total. The van der Waals surface area contributed by atoms with Gasteiger partial charge in [0.1, 0.15) is 0 Å². The Morgan fingerprint density at radius 3 is 2.35 bits per heavy atom. The Kier molecular flexibility index (Phi) is 6.02. The maximum Gasteiger partial charge on any atom is 0.334 e. The molecule has 0 saturated heterocycles. The van der Waals surface area contributed by atoms with Crippen molar-refractivity contribution < 1.29 is 14.3 Å². The van der Waals surface area contributed by atoms with Gasteiger partial charge in [-0.05, 0) is 31.9 Å². The van der Waals surface area contributed by atoms with Crippen LogP contribution in [0.5, 0.6) is 0 Å². The predicted octanol–water partition coefficient (Wildman–Crippen LogP) is 3.01. The van der Waals surface area contributed by atoms with Crippen molar-refractivity contribution in [3.8, 4) is 0 Å². The standard InChI is InChI=1S/C16H25NO3/c1-6-20-15(18)16(11-19-5,12(2)3)17-14-9-7-13(4)8-10-14/h7-10,12,17H,6,11H2,1-5H3. The number of ether oxygens (including phenoxy) is 2. The largest absolute Gasteiger partial charge is 0.464 e. The zero-order valence-electron chi connectivity index (χ0n) is 13.0. The summed E-state index contributed by atoms with van der Waals surface area (Å²) in [6, 6.07) is 7.93. The van der Waals surface area contributed by atoms with Crippen molar-refractivity contribution in [2.45, 2.75) is 33.2 Å². The summed E-state index contributed by atoms with van der Waals surface area (Å²) >= 11 is 0. The average Bonchev–Trinajstić information content (AvgIpc) is 2.40. The van der Waals surface area contributed by atoms with Gasteiger partial charge in [-0.1, -0.05) is 31.5 Å². The van der Waals surface area contributed by atoms with Crippen LogP contribution in [-0.4, -0.2) is 31.8 Å². The minimum atomic E-state index is -0.875. The van der Waals surface area contributed by atoms with Gasteiger partial charge in [-0.2, -0.15) is 0 Å². The molecule has 1 N–H and O–H groups in total. The van der Waals surface area contributed by atoms with E-state index in [1.165, 1.54) is 5.56 Å². The highest BCUT2D eigenvalue weighted by atomic mass is 16.5. The van der Waals surface area contributed by atoms with E-state index >= 15 is 0 Å². The SMILES string of the molecule is CCOC(=O)C(COC)(Nc1ccc(C)cc1)C(C)C. The normalized spacial score (nSPS) is 13.9.